The van der Waals surface area contributed by atoms with E-state index in [1.807, 2.05) is 48.0 Å². The summed E-state index contributed by atoms with van der Waals surface area (Å²) in [6, 6.07) is 7.72. The van der Waals surface area contributed by atoms with Crippen LogP contribution in [0, 0.1) is 6.92 Å². The number of nitrogens with one attached hydrogen (secondary N) is 1. The maximum atomic E-state index is 12.0. The average molecular weight is 320 g/mol. The third kappa shape index (κ3) is 3.25. The number of hydrogen-bond donors (Lipinski definition) is 1. The zero-order chi connectivity index (χ0) is 14.8. The number of carbonyl (C=O) groups is 1. The molecule has 21 heavy (non-hydrogen) atoms. The molecule has 108 valence electrons. The van der Waals surface area contributed by atoms with E-state index in [-0.39, 0.29) is 12.3 Å². The first kappa shape index (κ1) is 14.1. The van der Waals surface area contributed by atoms with Crippen molar-refractivity contribution in [2.45, 2.75) is 19.9 Å². The van der Waals surface area contributed by atoms with Crippen molar-refractivity contribution in [3.05, 3.63) is 57.1 Å². The van der Waals surface area contributed by atoms with Crippen molar-refractivity contribution < 1.29 is 4.79 Å². The fourth-order valence-corrected chi connectivity index (χ4v) is 3.18. The van der Waals surface area contributed by atoms with Crippen LogP contribution in [0.2, 0.25) is 4.34 Å². The molecule has 0 aliphatic carbocycles. The minimum absolute atomic E-state index is 0.0411. The summed E-state index contributed by atoms with van der Waals surface area (Å²) in [5.41, 5.74) is 2.76. The summed E-state index contributed by atoms with van der Waals surface area (Å²) in [4.78, 5) is 17.5. The molecule has 0 aliphatic rings. The lowest BCUT2D eigenvalue weighted by molar-refractivity contribution is -0.120. The molecule has 3 aromatic rings. The molecule has 3 aromatic heterocycles. The molecule has 3 heterocycles. The number of imidazole rings is 1. The van der Waals surface area contributed by atoms with Crippen molar-refractivity contribution in [2.75, 3.05) is 0 Å². The number of hydrogen-bond acceptors (Lipinski definition) is 3. The number of aromatic nitrogens is 2. The summed E-state index contributed by atoms with van der Waals surface area (Å²) >= 11 is 7.33. The summed E-state index contributed by atoms with van der Waals surface area (Å²) in [5.74, 6) is -0.0411. The van der Waals surface area contributed by atoms with E-state index < -0.39 is 0 Å². The molecule has 6 heteroatoms. The predicted molar refractivity (Wildman–Crippen MR) is 84.8 cm³/mol. The molecule has 0 aromatic carbocycles. The standard InChI is InChI=1S/C15H14ClN3OS/c1-10-3-2-6-19-9-11(18-15(10)19)7-14(20)17-8-12-4-5-13(16)21-12/h2-6,9H,7-8H2,1H3,(H,17,20). The van der Waals surface area contributed by atoms with E-state index in [2.05, 4.69) is 10.3 Å². The van der Waals surface area contributed by atoms with Crippen LogP contribution in [-0.2, 0) is 17.8 Å². The van der Waals surface area contributed by atoms with Gasteiger partial charge in [-0.25, -0.2) is 4.98 Å². The Bertz CT molecular complexity index is 793. The first-order chi connectivity index (χ1) is 10.1. The number of pyridine rings is 1. The van der Waals surface area contributed by atoms with Gasteiger partial charge in [0.25, 0.3) is 0 Å². The number of rotatable bonds is 4. The van der Waals surface area contributed by atoms with Crippen LogP contribution in [0.4, 0.5) is 0 Å². The van der Waals surface area contributed by atoms with Gasteiger partial charge in [-0.1, -0.05) is 17.7 Å². The molecule has 3 rings (SSSR count). The summed E-state index contributed by atoms with van der Waals surface area (Å²) in [5, 5.41) is 2.88. The van der Waals surface area contributed by atoms with Gasteiger partial charge in [-0.15, -0.1) is 11.3 Å². The second kappa shape index (κ2) is 5.87. The van der Waals surface area contributed by atoms with E-state index in [0.29, 0.717) is 6.54 Å². The van der Waals surface area contributed by atoms with Gasteiger partial charge in [0.2, 0.25) is 5.91 Å². The molecule has 0 atom stereocenters. The van der Waals surface area contributed by atoms with Crippen LogP contribution >= 0.6 is 22.9 Å². The zero-order valence-corrected chi connectivity index (χ0v) is 13.0. The van der Waals surface area contributed by atoms with Gasteiger partial charge in [0.15, 0.2) is 0 Å². The molecule has 0 saturated heterocycles. The number of aryl methyl sites for hydroxylation is 1. The van der Waals surface area contributed by atoms with E-state index in [1.165, 1.54) is 11.3 Å². The fraction of sp³-hybridized carbons (Fsp3) is 0.200. The van der Waals surface area contributed by atoms with Gasteiger partial charge in [-0.05, 0) is 30.7 Å². The lowest BCUT2D eigenvalue weighted by Gasteiger charge is -2.01. The van der Waals surface area contributed by atoms with Crippen molar-refractivity contribution in [2.24, 2.45) is 0 Å². The van der Waals surface area contributed by atoms with Crippen molar-refractivity contribution in [3.8, 4) is 0 Å². The van der Waals surface area contributed by atoms with Crippen LogP contribution in [0.25, 0.3) is 5.65 Å². The number of amides is 1. The van der Waals surface area contributed by atoms with Crippen molar-refractivity contribution >= 4 is 34.5 Å². The highest BCUT2D eigenvalue weighted by atomic mass is 35.5. The molecular weight excluding hydrogens is 306 g/mol. The van der Waals surface area contributed by atoms with Gasteiger partial charge in [-0.3, -0.25) is 4.79 Å². The quantitative estimate of drug-likeness (QED) is 0.802. The van der Waals surface area contributed by atoms with Gasteiger partial charge >= 0.3 is 0 Å². The second-order valence-corrected chi connectivity index (χ2v) is 6.61. The third-order valence-corrected chi connectivity index (χ3v) is 4.39. The normalized spacial score (nSPS) is 11.0. The number of halogens is 1. The molecule has 0 spiro atoms. The van der Waals surface area contributed by atoms with Gasteiger partial charge in [0, 0.05) is 17.3 Å². The minimum Gasteiger partial charge on any atom is -0.351 e. The highest BCUT2D eigenvalue weighted by Crippen LogP contribution is 2.21. The molecule has 0 unspecified atom stereocenters. The van der Waals surface area contributed by atoms with Crippen LogP contribution in [0.15, 0.2) is 36.7 Å². The van der Waals surface area contributed by atoms with Gasteiger partial charge in [-0.2, -0.15) is 0 Å². The summed E-state index contributed by atoms with van der Waals surface area (Å²) in [6.07, 6.45) is 4.11. The third-order valence-electron chi connectivity index (χ3n) is 3.16. The summed E-state index contributed by atoms with van der Waals surface area (Å²) in [6.45, 7) is 2.51. The summed E-state index contributed by atoms with van der Waals surface area (Å²) in [7, 11) is 0. The Morgan fingerprint density at radius 3 is 3.00 bits per heavy atom. The van der Waals surface area contributed by atoms with E-state index in [9.17, 15) is 4.79 Å². The topological polar surface area (TPSA) is 46.4 Å². The van der Waals surface area contributed by atoms with E-state index in [0.717, 1.165) is 26.1 Å². The number of fused-ring (bicyclic) bond motifs is 1. The molecular formula is C15H14ClN3OS. The molecule has 4 nitrogen and oxygen atoms in total. The Hall–Kier alpha value is -1.85. The summed E-state index contributed by atoms with van der Waals surface area (Å²) < 4.78 is 2.67. The van der Waals surface area contributed by atoms with Crippen LogP contribution in [-0.4, -0.2) is 15.3 Å². The van der Waals surface area contributed by atoms with E-state index in [4.69, 9.17) is 11.6 Å². The first-order valence-electron chi connectivity index (χ1n) is 6.56. The Kier molecular flexibility index (Phi) is 3.94. The van der Waals surface area contributed by atoms with Crippen LogP contribution in [0.5, 0.6) is 0 Å². The number of thiophene rings is 1. The van der Waals surface area contributed by atoms with Gasteiger partial charge in [0.1, 0.15) is 5.65 Å². The molecule has 0 bridgehead atoms. The monoisotopic (exact) mass is 319 g/mol. The van der Waals surface area contributed by atoms with Crippen LogP contribution in [0.1, 0.15) is 16.1 Å². The molecule has 1 N–H and O–H groups in total. The predicted octanol–water partition coefficient (Wildman–Crippen LogP) is 3.22. The Balaban J connectivity index is 1.64. The van der Waals surface area contributed by atoms with Crippen LogP contribution < -0.4 is 5.32 Å². The molecule has 1 amide bonds. The Morgan fingerprint density at radius 2 is 2.29 bits per heavy atom. The smallest absolute Gasteiger partial charge is 0.226 e. The Labute approximate surface area is 131 Å². The lowest BCUT2D eigenvalue weighted by Crippen LogP contribution is -2.24. The molecule has 0 fully saturated rings. The minimum atomic E-state index is -0.0411. The second-order valence-electron chi connectivity index (χ2n) is 4.81. The average Bonchev–Trinajstić information content (AvgIpc) is 3.03. The maximum absolute atomic E-state index is 12.0. The molecule has 0 saturated carbocycles. The highest BCUT2D eigenvalue weighted by molar-refractivity contribution is 7.16. The number of nitrogens with zero attached hydrogens (tertiary/aromatic N) is 2. The number of carbonyl (C=O) groups excluding carboxylic acids is 1. The van der Waals surface area contributed by atoms with E-state index >= 15 is 0 Å². The first-order valence-corrected chi connectivity index (χ1v) is 7.75. The van der Waals surface area contributed by atoms with Crippen molar-refractivity contribution in [3.63, 3.8) is 0 Å². The van der Waals surface area contributed by atoms with Crippen LogP contribution in [0.3, 0.4) is 0 Å². The SMILES string of the molecule is Cc1cccn2cc(CC(=O)NCc3ccc(Cl)s3)nc12. The van der Waals surface area contributed by atoms with Gasteiger partial charge < -0.3 is 9.72 Å². The van der Waals surface area contributed by atoms with Crippen molar-refractivity contribution in [1.82, 2.24) is 14.7 Å². The highest BCUT2D eigenvalue weighted by Gasteiger charge is 2.09. The van der Waals surface area contributed by atoms with E-state index in [1.54, 1.807) is 0 Å². The zero-order valence-electron chi connectivity index (χ0n) is 11.5. The molecule has 0 aliphatic heterocycles. The van der Waals surface area contributed by atoms with Crippen molar-refractivity contribution in [1.29, 1.82) is 0 Å². The maximum Gasteiger partial charge on any atom is 0.226 e. The Morgan fingerprint density at radius 1 is 1.43 bits per heavy atom. The lowest BCUT2D eigenvalue weighted by atomic mass is 10.3. The fourth-order valence-electron chi connectivity index (χ4n) is 2.15. The largest absolute Gasteiger partial charge is 0.351 e. The van der Waals surface area contributed by atoms with Gasteiger partial charge in [0.05, 0.1) is 23.0 Å². The molecule has 0 radical (unpaired) electrons.